The second-order valence-electron chi connectivity index (χ2n) is 4.89. The van der Waals surface area contributed by atoms with Gasteiger partial charge in [0.2, 0.25) is 11.8 Å². The Hall–Kier alpha value is -2.48. The number of carbonyl (C=O) groups is 2. The van der Waals surface area contributed by atoms with E-state index in [4.69, 9.17) is 5.73 Å². The van der Waals surface area contributed by atoms with E-state index in [1.165, 1.54) is 12.1 Å². The summed E-state index contributed by atoms with van der Waals surface area (Å²) >= 11 is 0. The molecule has 8 heteroatoms. The van der Waals surface area contributed by atoms with Crippen LogP contribution >= 0.6 is 0 Å². The van der Waals surface area contributed by atoms with Crippen LogP contribution in [0.3, 0.4) is 0 Å². The Balaban J connectivity index is 2.23. The van der Waals surface area contributed by atoms with E-state index in [0.29, 0.717) is 12.0 Å². The highest BCUT2D eigenvalue weighted by Crippen LogP contribution is 2.24. The summed E-state index contributed by atoms with van der Waals surface area (Å²) < 4.78 is 0. The van der Waals surface area contributed by atoms with Crippen molar-refractivity contribution in [2.45, 2.75) is 25.9 Å². The molecule has 0 spiro atoms. The van der Waals surface area contributed by atoms with Gasteiger partial charge >= 0.3 is 0 Å². The van der Waals surface area contributed by atoms with E-state index in [-0.39, 0.29) is 36.3 Å². The second-order valence-corrected chi connectivity index (χ2v) is 4.89. The average molecular weight is 292 g/mol. The van der Waals surface area contributed by atoms with Gasteiger partial charge in [-0.2, -0.15) is 0 Å². The van der Waals surface area contributed by atoms with E-state index in [2.05, 4.69) is 5.32 Å². The van der Waals surface area contributed by atoms with Crippen LogP contribution in [-0.4, -0.2) is 34.2 Å². The molecule has 1 aromatic carbocycles. The minimum atomic E-state index is -0.551. The van der Waals surface area contributed by atoms with E-state index in [0.717, 1.165) is 0 Å². The maximum absolute atomic E-state index is 11.8. The molecule has 1 aliphatic rings. The van der Waals surface area contributed by atoms with Crippen molar-refractivity contribution in [1.82, 2.24) is 10.2 Å². The Bertz CT molecular complexity index is 602. The number of hydrogen-bond acceptors (Lipinski definition) is 6. The van der Waals surface area contributed by atoms with Crippen LogP contribution in [0.25, 0.3) is 0 Å². The summed E-state index contributed by atoms with van der Waals surface area (Å²) in [5, 5.41) is 13.2. The topological polar surface area (TPSA) is 119 Å². The molecule has 0 aliphatic carbocycles. The fraction of sp³-hybridized carbons (Fsp3) is 0.385. The van der Waals surface area contributed by atoms with Crippen LogP contribution in [0.2, 0.25) is 0 Å². The number of anilines is 1. The van der Waals surface area contributed by atoms with E-state index in [1.54, 1.807) is 11.0 Å². The molecule has 2 rings (SSSR count). The lowest BCUT2D eigenvalue weighted by Gasteiger charge is -2.33. The molecule has 1 saturated heterocycles. The van der Waals surface area contributed by atoms with Crippen molar-refractivity contribution in [1.29, 1.82) is 0 Å². The summed E-state index contributed by atoms with van der Waals surface area (Å²) in [4.78, 5) is 35.3. The van der Waals surface area contributed by atoms with Crippen LogP contribution in [0, 0.1) is 10.1 Å². The minimum Gasteiger partial charge on any atom is -0.393 e. The number of piperazine rings is 1. The Morgan fingerprint density at radius 1 is 1.48 bits per heavy atom. The maximum Gasteiger partial charge on any atom is 0.292 e. The molecule has 1 heterocycles. The predicted molar refractivity (Wildman–Crippen MR) is 75.1 cm³/mol. The van der Waals surface area contributed by atoms with Crippen molar-refractivity contribution < 1.29 is 14.5 Å². The SMILES string of the molecule is CCC1C(=O)NC(=O)CN1Cc1ccc(N)c([N+](=O)[O-])c1. The molecule has 0 saturated carbocycles. The van der Waals surface area contributed by atoms with Gasteiger partial charge in [0.1, 0.15) is 5.69 Å². The summed E-state index contributed by atoms with van der Waals surface area (Å²) in [6.45, 7) is 2.21. The van der Waals surface area contributed by atoms with E-state index < -0.39 is 11.0 Å². The fourth-order valence-corrected chi connectivity index (χ4v) is 2.41. The highest BCUT2D eigenvalue weighted by Gasteiger charge is 2.32. The largest absolute Gasteiger partial charge is 0.393 e. The van der Waals surface area contributed by atoms with Gasteiger partial charge in [-0.25, -0.2) is 0 Å². The summed E-state index contributed by atoms with van der Waals surface area (Å²) in [7, 11) is 0. The molecule has 2 amide bonds. The Labute approximate surface area is 121 Å². The van der Waals surface area contributed by atoms with Crippen molar-refractivity contribution in [3.8, 4) is 0 Å². The number of rotatable bonds is 4. The zero-order valence-electron chi connectivity index (χ0n) is 11.5. The first kappa shape index (κ1) is 14.9. The Morgan fingerprint density at radius 3 is 2.81 bits per heavy atom. The zero-order valence-corrected chi connectivity index (χ0v) is 11.5. The number of benzene rings is 1. The molecule has 1 atom stereocenters. The number of nitrogens with one attached hydrogen (secondary N) is 1. The number of nitrogen functional groups attached to an aromatic ring is 1. The molecule has 1 fully saturated rings. The third-order valence-electron chi connectivity index (χ3n) is 3.42. The number of hydrogen-bond donors (Lipinski definition) is 2. The first-order valence-electron chi connectivity index (χ1n) is 6.53. The molecule has 0 bridgehead atoms. The number of nitro benzene ring substituents is 1. The highest BCUT2D eigenvalue weighted by molar-refractivity contribution is 6.01. The van der Waals surface area contributed by atoms with Crippen LogP contribution in [-0.2, 0) is 16.1 Å². The molecule has 0 aromatic heterocycles. The lowest BCUT2D eigenvalue weighted by Crippen LogP contribution is -2.57. The molecule has 1 aliphatic heterocycles. The van der Waals surface area contributed by atoms with Gasteiger partial charge in [-0.05, 0) is 18.1 Å². The lowest BCUT2D eigenvalue weighted by atomic mass is 10.1. The van der Waals surface area contributed by atoms with Gasteiger partial charge in [-0.15, -0.1) is 0 Å². The number of imide groups is 1. The smallest absolute Gasteiger partial charge is 0.292 e. The van der Waals surface area contributed by atoms with Gasteiger partial charge in [0.15, 0.2) is 0 Å². The van der Waals surface area contributed by atoms with Gasteiger partial charge < -0.3 is 5.73 Å². The van der Waals surface area contributed by atoms with E-state index in [9.17, 15) is 19.7 Å². The number of nitrogens with zero attached hydrogens (tertiary/aromatic N) is 2. The summed E-state index contributed by atoms with van der Waals surface area (Å²) in [5.41, 5.74) is 6.10. The summed E-state index contributed by atoms with van der Waals surface area (Å²) in [6.07, 6.45) is 0.552. The number of nitro groups is 1. The minimum absolute atomic E-state index is 0.0857. The molecule has 21 heavy (non-hydrogen) atoms. The highest BCUT2D eigenvalue weighted by atomic mass is 16.6. The third kappa shape index (κ3) is 3.16. The normalized spacial score (nSPS) is 19.4. The van der Waals surface area contributed by atoms with Crippen molar-refractivity contribution in [2.24, 2.45) is 0 Å². The van der Waals surface area contributed by atoms with Crippen molar-refractivity contribution in [2.75, 3.05) is 12.3 Å². The van der Waals surface area contributed by atoms with Crippen LogP contribution < -0.4 is 11.1 Å². The molecule has 1 unspecified atom stereocenters. The quantitative estimate of drug-likeness (QED) is 0.359. The molecular weight excluding hydrogens is 276 g/mol. The average Bonchev–Trinajstić information content (AvgIpc) is 2.40. The summed E-state index contributed by atoms with van der Waals surface area (Å²) in [5.74, 6) is -0.701. The fourth-order valence-electron chi connectivity index (χ4n) is 2.41. The molecule has 1 aromatic rings. The van der Waals surface area contributed by atoms with Crippen molar-refractivity contribution in [3.63, 3.8) is 0 Å². The molecule has 3 N–H and O–H groups in total. The molecule has 8 nitrogen and oxygen atoms in total. The monoisotopic (exact) mass is 292 g/mol. The van der Waals surface area contributed by atoms with Crippen molar-refractivity contribution >= 4 is 23.2 Å². The Morgan fingerprint density at radius 2 is 2.19 bits per heavy atom. The maximum atomic E-state index is 11.8. The van der Waals surface area contributed by atoms with Crippen LogP contribution in [0.15, 0.2) is 18.2 Å². The van der Waals surface area contributed by atoms with Gasteiger partial charge in [0.25, 0.3) is 5.69 Å². The number of carbonyl (C=O) groups excluding carboxylic acids is 2. The molecular formula is C13H16N4O4. The van der Waals surface area contributed by atoms with E-state index in [1.807, 2.05) is 6.92 Å². The van der Waals surface area contributed by atoms with Gasteiger partial charge in [0, 0.05) is 12.6 Å². The standard InChI is InChI=1S/C13H16N4O4/c1-2-10-13(19)15-12(18)7-16(10)6-8-3-4-9(14)11(5-8)17(20)21/h3-5,10H,2,6-7,14H2,1H3,(H,15,18,19). The van der Waals surface area contributed by atoms with Crippen LogP contribution in [0.1, 0.15) is 18.9 Å². The zero-order chi connectivity index (χ0) is 15.6. The first-order valence-corrected chi connectivity index (χ1v) is 6.53. The number of nitrogens with two attached hydrogens (primary N) is 1. The van der Waals surface area contributed by atoms with Crippen LogP contribution in [0.5, 0.6) is 0 Å². The lowest BCUT2D eigenvalue weighted by molar-refractivity contribution is -0.384. The molecule has 0 radical (unpaired) electrons. The van der Waals surface area contributed by atoms with Gasteiger partial charge in [-0.1, -0.05) is 13.0 Å². The van der Waals surface area contributed by atoms with Crippen LogP contribution in [0.4, 0.5) is 11.4 Å². The molecule has 112 valence electrons. The summed E-state index contributed by atoms with van der Waals surface area (Å²) in [6, 6.07) is 4.07. The third-order valence-corrected chi connectivity index (χ3v) is 3.42. The predicted octanol–water partition coefficient (Wildman–Crippen LogP) is 0.414. The first-order chi connectivity index (χ1) is 9.92. The van der Waals surface area contributed by atoms with E-state index >= 15 is 0 Å². The Kier molecular flexibility index (Phi) is 4.18. The van der Waals surface area contributed by atoms with Crippen molar-refractivity contribution in [3.05, 3.63) is 33.9 Å². The van der Waals surface area contributed by atoms with Gasteiger partial charge in [0.05, 0.1) is 17.5 Å². The second kappa shape index (κ2) is 5.88. The van der Waals surface area contributed by atoms with Gasteiger partial charge in [-0.3, -0.25) is 29.9 Å². The number of amides is 2.